The second-order valence-electron chi connectivity index (χ2n) is 2.19. The van der Waals surface area contributed by atoms with Crippen LogP contribution >= 0.6 is 0 Å². The Morgan fingerprint density at radius 1 is 1.64 bits per heavy atom. The second kappa shape index (κ2) is 2.98. The van der Waals surface area contributed by atoms with Gasteiger partial charge in [0.25, 0.3) is 0 Å². The third-order valence-corrected chi connectivity index (χ3v) is 1.44. The number of pyridine rings is 1. The molecule has 54 valence electrons. The van der Waals surface area contributed by atoms with Gasteiger partial charge in [0.15, 0.2) is 0 Å². The Balaban J connectivity index is 3.22. The zero-order valence-corrected chi connectivity index (χ0v) is 6.33. The lowest BCUT2D eigenvalue weighted by molar-refractivity contribution is 1.16. The van der Waals surface area contributed by atoms with E-state index in [1.54, 1.807) is 18.2 Å². The van der Waals surface area contributed by atoms with Crippen molar-refractivity contribution in [2.24, 2.45) is 0 Å². The summed E-state index contributed by atoms with van der Waals surface area (Å²) in [5.74, 6) is 0. The summed E-state index contributed by atoms with van der Waals surface area (Å²) in [5, 5.41) is 8.57. The monoisotopic (exact) mass is 144 g/mol. The van der Waals surface area contributed by atoms with Gasteiger partial charge in [-0.2, -0.15) is 5.26 Å². The first-order chi connectivity index (χ1) is 5.27. The minimum absolute atomic E-state index is 0.621. The predicted octanol–water partition coefficient (Wildman–Crippen LogP) is 1.90. The molecule has 1 aromatic heterocycles. The van der Waals surface area contributed by atoms with E-state index in [-0.39, 0.29) is 0 Å². The molecule has 0 unspecified atom stereocenters. The van der Waals surface area contributed by atoms with Gasteiger partial charge < -0.3 is 0 Å². The first-order valence-corrected chi connectivity index (χ1v) is 3.28. The summed E-state index contributed by atoms with van der Waals surface area (Å²) in [4.78, 5) is 4.12. The highest BCUT2D eigenvalue weighted by atomic mass is 14.7. The van der Waals surface area contributed by atoms with Crippen molar-refractivity contribution in [1.29, 1.82) is 5.26 Å². The van der Waals surface area contributed by atoms with Crippen LogP contribution in [-0.4, -0.2) is 4.98 Å². The molecule has 0 aliphatic rings. The first-order valence-electron chi connectivity index (χ1n) is 3.28. The number of rotatable bonds is 1. The minimum Gasteiger partial charge on any atom is -0.252 e. The molecule has 0 saturated heterocycles. The Hall–Kier alpha value is -1.62. The van der Waals surface area contributed by atoms with Crippen LogP contribution in [0.1, 0.15) is 17.0 Å². The molecule has 0 bridgehead atoms. The average molecular weight is 144 g/mol. The molecule has 0 radical (unpaired) electrons. The predicted molar refractivity (Wildman–Crippen MR) is 43.8 cm³/mol. The lowest BCUT2D eigenvalue weighted by Gasteiger charge is -1.96. The summed E-state index contributed by atoms with van der Waals surface area (Å²) in [6.07, 6.45) is 1.66. The molecule has 0 amide bonds. The fourth-order valence-electron chi connectivity index (χ4n) is 0.812. The normalized spacial score (nSPS) is 8.73. The van der Waals surface area contributed by atoms with Gasteiger partial charge in [0.1, 0.15) is 6.07 Å². The van der Waals surface area contributed by atoms with E-state index in [0.29, 0.717) is 5.56 Å². The lowest BCUT2D eigenvalue weighted by Crippen LogP contribution is -1.89. The standard InChI is InChI=1S/C9H8N2/c1-3-9-5-4-8(6-10)7(2)11-9/h3-5H,1H2,2H3. The van der Waals surface area contributed by atoms with Gasteiger partial charge in [-0.1, -0.05) is 6.58 Å². The van der Waals surface area contributed by atoms with Crippen LogP contribution in [0.5, 0.6) is 0 Å². The van der Waals surface area contributed by atoms with Crippen LogP contribution in [0, 0.1) is 18.3 Å². The molecular weight excluding hydrogens is 136 g/mol. The topological polar surface area (TPSA) is 36.7 Å². The Morgan fingerprint density at radius 3 is 2.82 bits per heavy atom. The van der Waals surface area contributed by atoms with Crippen molar-refractivity contribution in [3.05, 3.63) is 35.7 Å². The van der Waals surface area contributed by atoms with Gasteiger partial charge in [0.05, 0.1) is 17.0 Å². The van der Waals surface area contributed by atoms with Crippen LogP contribution in [0.4, 0.5) is 0 Å². The molecular formula is C9H8N2. The summed E-state index contributed by atoms with van der Waals surface area (Å²) >= 11 is 0. The van der Waals surface area contributed by atoms with Gasteiger partial charge in [0.2, 0.25) is 0 Å². The summed E-state index contributed by atoms with van der Waals surface area (Å²) in [6, 6.07) is 5.58. The fourth-order valence-corrected chi connectivity index (χ4v) is 0.812. The van der Waals surface area contributed by atoms with E-state index in [2.05, 4.69) is 11.6 Å². The molecule has 11 heavy (non-hydrogen) atoms. The quantitative estimate of drug-likeness (QED) is 0.603. The Labute approximate surface area is 65.8 Å². The number of aryl methyl sites for hydroxylation is 1. The van der Waals surface area contributed by atoms with Crippen LogP contribution in [0.25, 0.3) is 6.08 Å². The second-order valence-corrected chi connectivity index (χ2v) is 2.19. The van der Waals surface area contributed by atoms with E-state index in [9.17, 15) is 0 Å². The molecule has 0 aromatic carbocycles. The third kappa shape index (κ3) is 1.44. The summed E-state index contributed by atoms with van der Waals surface area (Å²) in [6.45, 7) is 5.39. The zero-order valence-electron chi connectivity index (χ0n) is 6.33. The maximum absolute atomic E-state index is 8.57. The van der Waals surface area contributed by atoms with Crippen molar-refractivity contribution in [2.45, 2.75) is 6.92 Å². The average Bonchev–Trinajstić information content (AvgIpc) is 2.04. The first kappa shape index (κ1) is 7.49. The fraction of sp³-hybridized carbons (Fsp3) is 0.111. The zero-order chi connectivity index (χ0) is 8.27. The van der Waals surface area contributed by atoms with Gasteiger partial charge in [-0.05, 0) is 25.1 Å². The lowest BCUT2D eigenvalue weighted by atomic mass is 10.2. The molecule has 1 rings (SSSR count). The van der Waals surface area contributed by atoms with Gasteiger partial charge in [-0.3, -0.25) is 4.98 Å². The Bertz CT molecular complexity index is 321. The Morgan fingerprint density at radius 2 is 2.36 bits per heavy atom. The highest BCUT2D eigenvalue weighted by Crippen LogP contribution is 2.05. The molecule has 0 atom stereocenters. The molecule has 2 nitrogen and oxygen atoms in total. The van der Waals surface area contributed by atoms with Crippen molar-refractivity contribution in [3.63, 3.8) is 0 Å². The van der Waals surface area contributed by atoms with E-state index in [4.69, 9.17) is 5.26 Å². The van der Waals surface area contributed by atoms with E-state index in [0.717, 1.165) is 11.4 Å². The van der Waals surface area contributed by atoms with Gasteiger partial charge >= 0.3 is 0 Å². The van der Waals surface area contributed by atoms with Crippen molar-refractivity contribution in [2.75, 3.05) is 0 Å². The van der Waals surface area contributed by atoms with Crippen LogP contribution in [0.15, 0.2) is 18.7 Å². The number of nitrogens with zero attached hydrogens (tertiary/aromatic N) is 2. The van der Waals surface area contributed by atoms with Gasteiger partial charge in [0, 0.05) is 0 Å². The Kier molecular flexibility index (Phi) is 2.03. The highest BCUT2D eigenvalue weighted by Gasteiger charge is 1.96. The third-order valence-electron chi connectivity index (χ3n) is 1.44. The molecule has 0 spiro atoms. The highest BCUT2D eigenvalue weighted by molar-refractivity contribution is 5.45. The summed E-state index contributed by atoms with van der Waals surface area (Å²) < 4.78 is 0. The van der Waals surface area contributed by atoms with Crippen molar-refractivity contribution < 1.29 is 0 Å². The van der Waals surface area contributed by atoms with Crippen molar-refractivity contribution in [3.8, 4) is 6.07 Å². The van der Waals surface area contributed by atoms with Crippen molar-refractivity contribution >= 4 is 6.08 Å². The van der Waals surface area contributed by atoms with Crippen LogP contribution in [-0.2, 0) is 0 Å². The van der Waals surface area contributed by atoms with E-state index < -0.39 is 0 Å². The molecule has 1 heterocycles. The van der Waals surface area contributed by atoms with E-state index in [1.165, 1.54) is 0 Å². The van der Waals surface area contributed by atoms with Crippen LogP contribution in [0.3, 0.4) is 0 Å². The summed E-state index contributed by atoms with van der Waals surface area (Å²) in [7, 11) is 0. The molecule has 0 aliphatic heterocycles. The van der Waals surface area contributed by atoms with Crippen LogP contribution < -0.4 is 0 Å². The van der Waals surface area contributed by atoms with Crippen molar-refractivity contribution in [1.82, 2.24) is 4.98 Å². The number of hydrogen-bond donors (Lipinski definition) is 0. The number of hydrogen-bond acceptors (Lipinski definition) is 2. The maximum atomic E-state index is 8.57. The van der Waals surface area contributed by atoms with Gasteiger partial charge in [-0.25, -0.2) is 0 Å². The SMILES string of the molecule is C=Cc1ccc(C#N)c(C)n1. The largest absolute Gasteiger partial charge is 0.252 e. The molecule has 0 aliphatic carbocycles. The maximum Gasteiger partial charge on any atom is 0.101 e. The van der Waals surface area contributed by atoms with Gasteiger partial charge in [-0.15, -0.1) is 0 Å². The van der Waals surface area contributed by atoms with Crippen LogP contribution in [0.2, 0.25) is 0 Å². The molecule has 0 saturated carbocycles. The smallest absolute Gasteiger partial charge is 0.101 e. The molecule has 1 aromatic rings. The minimum atomic E-state index is 0.621. The van der Waals surface area contributed by atoms with E-state index in [1.807, 2.05) is 13.0 Å². The molecule has 0 N–H and O–H groups in total. The summed E-state index contributed by atoms with van der Waals surface area (Å²) in [5.41, 5.74) is 2.18. The number of aromatic nitrogens is 1. The molecule has 0 fully saturated rings. The van der Waals surface area contributed by atoms with E-state index >= 15 is 0 Å². The number of nitriles is 1. The molecule has 2 heteroatoms.